The molecule has 6 aliphatic rings. The van der Waals surface area contributed by atoms with E-state index in [9.17, 15) is 0 Å². The van der Waals surface area contributed by atoms with Crippen LogP contribution in [-0.4, -0.2) is 24.7 Å². The number of benzene rings is 1. The van der Waals surface area contributed by atoms with Crippen molar-refractivity contribution in [1.82, 2.24) is 4.90 Å². The molecule has 194 valence electrons. The maximum Gasteiger partial charge on any atom is 0.0741 e. The van der Waals surface area contributed by atoms with Crippen LogP contribution >= 0.6 is 0 Å². The summed E-state index contributed by atoms with van der Waals surface area (Å²) in [6.45, 7) is 0. The summed E-state index contributed by atoms with van der Waals surface area (Å²) in [4.78, 5) is 7.29. The summed E-state index contributed by atoms with van der Waals surface area (Å²) in [6, 6.07) is 9.11. The summed E-state index contributed by atoms with van der Waals surface area (Å²) in [5.74, 6) is 3.90. The first kappa shape index (κ1) is 24.9. The Kier molecular flexibility index (Phi) is 7.31. The van der Waals surface area contributed by atoms with Gasteiger partial charge in [0.1, 0.15) is 0 Å². The Labute approximate surface area is 228 Å². The van der Waals surface area contributed by atoms with Crippen LogP contribution in [-0.2, 0) is 6.42 Å². The minimum Gasteiger partial charge on any atom is -0.378 e. The van der Waals surface area contributed by atoms with Gasteiger partial charge in [-0.25, -0.2) is 4.99 Å². The van der Waals surface area contributed by atoms with E-state index in [0.717, 1.165) is 60.8 Å². The lowest BCUT2D eigenvalue weighted by Gasteiger charge is -2.16. The van der Waals surface area contributed by atoms with E-state index in [4.69, 9.17) is 4.99 Å². The second kappa shape index (κ2) is 11.2. The van der Waals surface area contributed by atoms with Crippen molar-refractivity contribution in [2.24, 2.45) is 34.6 Å². The molecular formula is C36H40N2. The lowest BCUT2D eigenvalue weighted by atomic mass is 9.91. The van der Waals surface area contributed by atoms with Gasteiger partial charge in [0, 0.05) is 25.4 Å². The van der Waals surface area contributed by atoms with Gasteiger partial charge in [-0.05, 0) is 91.4 Å². The van der Waals surface area contributed by atoms with E-state index in [1.54, 1.807) is 0 Å². The van der Waals surface area contributed by atoms with Gasteiger partial charge in [0.25, 0.3) is 0 Å². The number of rotatable bonds is 6. The van der Waals surface area contributed by atoms with Gasteiger partial charge in [0.15, 0.2) is 0 Å². The maximum absolute atomic E-state index is 5.12. The molecule has 2 fully saturated rings. The number of aliphatic imine (C=N–C) groups is 1. The van der Waals surface area contributed by atoms with Gasteiger partial charge < -0.3 is 4.90 Å². The lowest BCUT2D eigenvalue weighted by Crippen LogP contribution is -2.10. The zero-order chi connectivity index (χ0) is 25.9. The van der Waals surface area contributed by atoms with Crippen LogP contribution in [0.15, 0.2) is 125 Å². The molecule has 0 aromatic heterocycles. The molecule has 0 saturated heterocycles. The number of likely N-dealkylation sites (N-methyl/N-ethyl adjacent to an activating group) is 1. The van der Waals surface area contributed by atoms with E-state index >= 15 is 0 Å². The number of fused-ring (bicyclic) bond motifs is 2. The highest BCUT2D eigenvalue weighted by molar-refractivity contribution is 6.13. The Bertz CT molecular complexity index is 1310. The van der Waals surface area contributed by atoms with Gasteiger partial charge in [0.2, 0.25) is 0 Å². The molecule has 1 aromatic carbocycles. The van der Waals surface area contributed by atoms with E-state index in [-0.39, 0.29) is 0 Å². The normalized spacial score (nSPS) is 29.8. The molecule has 0 bridgehead atoms. The summed E-state index contributed by atoms with van der Waals surface area (Å²) in [5, 5.41) is 0. The molecule has 5 unspecified atom stereocenters. The Balaban J connectivity index is 0.000000221. The molecule has 0 heterocycles. The van der Waals surface area contributed by atoms with E-state index in [0.29, 0.717) is 5.92 Å². The maximum atomic E-state index is 5.12. The predicted molar refractivity (Wildman–Crippen MR) is 161 cm³/mol. The molecule has 6 aliphatic carbocycles. The average molecular weight is 501 g/mol. The Morgan fingerprint density at radius 3 is 2.29 bits per heavy atom. The van der Waals surface area contributed by atoms with E-state index in [1.165, 1.54) is 35.2 Å². The highest BCUT2D eigenvalue weighted by Gasteiger charge is 2.35. The Hall–Kier alpha value is -3.39. The van der Waals surface area contributed by atoms with Gasteiger partial charge in [0.05, 0.1) is 11.4 Å². The fourth-order valence-electron chi connectivity index (χ4n) is 5.80. The molecule has 7 rings (SSSR count). The van der Waals surface area contributed by atoms with Crippen molar-refractivity contribution >= 4 is 5.71 Å². The summed E-state index contributed by atoms with van der Waals surface area (Å²) in [6.07, 6.45) is 36.5. The van der Waals surface area contributed by atoms with Crippen LogP contribution in [0.2, 0.25) is 0 Å². The fraction of sp³-hybridized carbons (Fsp3) is 0.361. The number of allylic oxidation sites excluding steroid dienone is 14. The molecule has 5 atom stereocenters. The molecule has 0 radical (unpaired) electrons. The molecule has 1 aromatic rings. The van der Waals surface area contributed by atoms with Gasteiger partial charge in [-0.15, -0.1) is 0 Å². The van der Waals surface area contributed by atoms with Gasteiger partial charge in [-0.3, -0.25) is 0 Å². The second-order valence-corrected chi connectivity index (χ2v) is 11.8. The fourth-order valence-corrected chi connectivity index (χ4v) is 5.80. The van der Waals surface area contributed by atoms with Crippen LogP contribution in [0.4, 0.5) is 0 Å². The van der Waals surface area contributed by atoms with Crippen LogP contribution in [0.3, 0.4) is 0 Å². The van der Waals surface area contributed by atoms with Crippen molar-refractivity contribution in [3.63, 3.8) is 0 Å². The summed E-state index contributed by atoms with van der Waals surface area (Å²) < 4.78 is 0. The van der Waals surface area contributed by atoms with Crippen molar-refractivity contribution in [3.05, 3.63) is 131 Å². The number of nitrogens with zero attached hydrogens (tertiary/aromatic N) is 2. The molecule has 0 spiro atoms. The summed E-state index contributed by atoms with van der Waals surface area (Å²) in [5.41, 5.74) is 7.64. The second-order valence-electron chi connectivity index (χ2n) is 11.8. The predicted octanol–water partition coefficient (Wildman–Crippen LogP) is 8.15. The molecule has 38 heavy (non-hydrogen) atoms. The Morgan fingerprint density at radius 2 is 1.63 bits per heavy atom. The third-order valence-electron chi connectivity index (χ3n) is 8.45. The quantitative estimate of drug-likeness (QED) is 0.360. The highest BCUT2D eigenvalue weighted by atomic mass is 15.1. The van der Waals surface area contributed by atoms with Crippen LogP contribution in [0.5, 0.6) is 0 Å². The van der Waals surface area contributed by atoms with Crippen LogP contribution in [0.1, 0.15) is 43.2 Å². The van der Waals surface area contributed by atoms with Crippen molar-refractivity contribution in [1.29, 1.82) is 0 Å². The van der Waals surface area contributed by atoms with E-state index in [2.05, 4.69) is 122 Å². The first-order chi connectivity index (χ1) is 18.6. The number of hydrogen-bond acceptors (Lipinski definition) is 2. The van der Waals surface area contributed by atoms with Gasteiger partial charge in [-0.1, -0.05) is 91.1 Å². The summed E-state index contributed by atoms with van der Waals surface area (Å²) >= 11 is 0. The molecule has 0 N–H and O–H groups in total. The highest BCUT2D eigenvalue weighted by Crippen LogP contribution is 2.45. The molecule has 0 amide bonds. The van der Waals surface area contributed by atoms with Crippen LogP contribution in [0, 0.1) is 29.6 Å². The number of hydrogen-bond donors (Lipinski definition) is 0. The molecule has 2 heteroatoms. The molecular weight excluding hydrogens is 460 g/mol. The summed E-state index contributed by atoms with van der Waals surface area (Å²) in [7, 11) is 4.19. The minimum absolute atomic E-state index is 0.624. The van der Waals surface area contributed by atoms with Crippen molar-refractivity contribution in [2.45, 2.75) is 38.5 Å². The smallest absolute Gasteiger partial charge is 0.0741 e. The zero-order valence-electron chi connectivity index (χ0n) is 22.8. The average Bonchev–Trinajstić information content (AvgIpc) is 3.88. The third-order valence-corrected chi connectivity index (χ3v) is 8.45. The van der Waals surface area contributed by atoms with Crippen molar-refractivity contribution < 1.29 is 0 Å². The van der Waals surface area contributed by atoms with Gasteiger partial charge in [-0.2, -0.15) is 0 Å². The topological polar surface area (TPSA) is 15.6 Å². The first-order valence-electron chi connectivity index (χ1n) is 14.5. The standard InChI is InChI=1S/C27H27N.C9H13N/c1-3-7-20(8-4-1)17-21-11-13-23(14-12-21)27(22-9-5-2-6-10-22)28-26-16-15-24-18-25(24)19-26;1-10(2)9-4-3-7-5-8(7)6-9/h1-5,7,9,11-16,19-20,24-25H,6,8,10,17-18H2;3-4,6-8H,5H2,1-2H3. The lowest BCUT2D eigenvalue weighted by molar-refractivity contribution is 0.522. The SMILES string of the molecule is C1=CCCC(C(=NC2=CC3CC3C=C2)c2ccc(CC3C=CC=CC3)cc2)=C1.CN(C)C1=CC2CC2C=C1. The monoisotopic (exact) mass is 500 g/mol. The first-order valence-corrected chi connectivity index (χ1v) is 14.5. The van der Waals surface area contributed by atoms with Crippen LogP contribution in [0.25, 0.3) is 0 Å². The van der Waals surface area contributed by atoms with Gasteiger partial charge >= 0.3 is 0 Å². The minimum atomic E-state index is 0.624. The van der Waals surface area contributed by atoms with Crippen molar-refractivity contribution in [2.75, 3.05) is 14.1 Å². The largest absolute Gasteiger partial charge is 0.378 e. The molecule has 2 saturated carbocycles. The Morgan fingerprint density at radius 1 is 0.842 bits per heavy atom. The van der Waals surface area contributed by atoms with Crippen LogP contribution < -0.4 is 0 Å². The zero-order valence-corrected chi connectivity index (χ0v) is 22.8. The van der Waals surface area contributed by atoms with Crippen molar-refractivity contribution in [3.8, 4) is 0 Å². The molecule has 0 aliphatic heterocycles. The third kappa shape index (κ3) is 6.18. The molecule has 2 nitrogen and oxygen atoms in total. The van der Waals surface area contributed by atoms with E-state index < -0.39 is 0 Å². The van der Waals surface area contributed by atoms with E-state index in [1.807, 2.05) is 0 Å².